The van der Waals surface area contributed by atoms with Crippen LogP contribution in [0, 0.1) is 0 Å². The van der Waals surface area contributed by atoms with E-state index in [0.717, 1.165) is 45.4 Å². The fourth-order valence-electron chi connectivity index (χ4n) is 2.12. The molecule has 3 heteroatoms. The van der Waals surface area contributed by atoms with Crippen LogP contribution >= 0.6 is 0 Å². The normalized spacial score (nSPS) is 15.8. The van der Waals surface area contributed by atoms with E-state index in [1.54, 1.807) is 6.08 Å². The standard InChI is InChI=1S/C14H26N2O/c1-3-5-10-15(9-4-2)13-8-14(17)16-11-6-7-12-16/h8,13H,3-7,9-12H2,1-2H3/b13-8+. The molecule has 0 aromatic heterocycles. The minimum Gasteiger partial charge on any atom is -0.377 e. The highest BCUT2D eigenvalue weighted by Crippen LogP contribution is 2.08. The van der Waals surface area contributed by atoms with Crippen LogP contribution < -0.4 is 0 Å². The van der Waals surface area contributed by atoms with Gasteiger partial charge in [0.15, 0.2) is 0 Å². The number of nitrogens with zero attached hydrogens (tertiary/aromatic N) is 2. The van der Waals surface area contributed by atoms with Gasteiger partial charge in [0.1, 0.15) is 0 Å². The van der Waals surface area contributed by atoms with Crippen LogP contribution in [0.15, 0.2) is 12.3 Å². The van der Waals surface area contributed by atoms with Crippen LogP contribution in [0.25, 0.3) is 0 Å². The molecule has 1 heterocycles. The summed E-state index contributed by atoms with van der Waals surface area (Å²) < 4.78 is 0. The molecular formula is C14H26N2O. The van der Waals surface area contributed by atoms with Gasteiger partial charge >= 0.3 is 0 Å². The van der Waals surface area contributed by atoms with Crippen LogP contribution in [0.3, 0.4) is 0 Å². The molecule has 0 aromatic rings. The van der Waals surface area contributed by atoms with Gasteiger partial charge < -0.3 is 9.80 Å². The van der Waals surface area contributed by atoms with Crippen molar-refractivity contribution in [2.24, 2.45) is 0 Å². The van der Waals surface area contributed by atoms with Gasteiger partial charge in [-0.2, -0.15) is 0 Å². The van der Waals surface area contributed by atoms with Gasteiger partial charge in [0, 0.05) is 38.5 Å². The summed E-state index contributed by atoms with van der Waals surface area (Å²) in [7, 11) is 0. The van der Waals surface area contributed by atoms with Gasteiger partial charge in [-0.05, 0) is 25.7 Å². The lowest BCUT2D eigenvalue weighted by molar-refractivity contribution is -0.125. The average Bonchev–Trinajstić information content (AvgIpc) is 2.86. The second kappa shape index (κ2) is 8.15. The van der Waals surface area contributed by atoms with E-state index >= 15 is 0 Å². The number of hydrogen-bond acceptors (Lipinski definition) is 2. The molecule has 0 aromatic carbocycles. The largest absolute Gasteiger partial charge is 0.377 e. The van der Waals surface area contributed by atoms with Crippen molar-refractivity contribution < 1.29 is 4.79 Å². The van der Waals surface area contributed by atoms with E-state index in [9.17, 15) is 4.79 Å². The Morgan fingerprint density at radius 3 is 2.47 bits per heavy atom. The van der Waals surface area contributed by atoms with Gasteiger partial charge in [0.05, 0.1) is 0 Å². The SMILES string of the molecule is CCCCN(/C=C/C(=O)N1CCCC1)CCC. The van der Waals surface area contributed by atoms with Crippen LogP contribution in [0.2, 0.25) is 0 Å². The Kier molecular flexibility index (Phi) is 6.75. The molecule has 0 aliphatic carbocycles. The summed E-state index contributed by atoms with van der Waals surface area (Å²) in [4.78, 5) is 16.0. The van der Waals surface area contributed by atoms with Gasteiger partial charge in [-0.3, -0.25) is 4.79 Å². The molecule has 3 nitrogen and oxygen atoms in total. The van der Waals surface area contributed by atoms with Crippen LogP contribution in [0.5, 0.6) is 0 Å². The van der Waals surface area contributed by atoms with E-state index in [0.29, 0.717) is 0 Å². The Morgan fingerprint density at radius 1 is 1.18 bits per heavy atom. The van der Waals surface area contributed by atoms with Gasteiger partial charge in [0.2, 0.25) is 5.91 Å². The van der Waals surface area contributed by atoms with E-state index < -0.39 is 0 Å². The topological polar surface area (TPSA) is 23.6 Å². The highest BCUT2D eigenvalue weighted by atomic mass is 16.2. The fourth-order valence-corrected chi connectivity index (χ4v) is 2.12. The molecule has 0 spiro atoms. The van der Waals surface area contributed by atoms with Gasteiger partial charge in [0.25, 0.3) is 0 Å². The van der Waals surface area contributed by atoms with Crippen LogP contribution in [-0.4, -0.2) is 41.9 Å². The Morgan fingerprint density at radius 2 is 1.88 bits per heavy atom. The fraction of sp³-hybridized carbons (Fsp3) is 0.786. The number of likely N-dealkylation sites (tertiary alicyclic amines) is 1. The summed E-state index contributed by atoms with van der Waals surface area (Å²) in [6, 6.07) is 0. The van der Waals surface area contributed by atoms with E-state index in [1.165, 1.54) is 12.8 Å². The summed E-state index contributed by atoms with van der Waals surface area (Å²) in [5.74, 6) is 0.181. The van der Waals surface area contributed by atoms with Crippen molar-refractivity contribution in [3.63, 3.8) is 0 Å². The molecule has 98 valence electrons. The molecule has 1 rings (SSSR count). The van der Waals surface area contributed by atoms with Crippen molar-refractivity contribution in [2.45, 2.75) is 46.0 Å². The minimum absolute atomic E-state index is 0.181. The number of hydrogen-bond donors (Lipinski definition) is 0. The highest BCUT2D eigenvalue weighted by Gasteiger charge is 2.15. The molecular weight excluding hydrogens is 212 g/mol. The summed E-state index contributed by atoms with van der Waals surface area (Å²) in [5.41, 5.74) is 0. The Balaban J connectivity index is 2.37. The highest BCUT2D eigenvalue weighted by molar-refractivity contribution is 5.87. The monoisotopic (exact) mass is 238 g/mol. The smallest absolute Gasteiger partial charge is 0.248 e. The van der Waals surface area contributed by atoms with E-state index in [-0.39, 0.29) is 5.91 Å². The van der Waals surface area contributed by atoms with Gasteiger partial charge in [-0.1, -0.05) is 20.3 Å². The zero-order valence-electron chi connectivity index (χ0n) is 11.3. The van der Waals surface area contributed by atoms with Crippen molar-refractivity contribution in [1.82, 2.24) is 9.80 Å². The quantitative estimate of drug-likeness (QED) is 0.637. The van der Waals surface area contributed by atoms with E-state index in [2.05, 4.69) is 18.7 Å². The number of unbranched alkanes of at least 4 members (excludes halogenated alkanes) is 1. The zero-order valence-corrected chi connectivity index (χ0v) is 11.3. The lowest BCUT2D eigenvalue weighted by Crippen LogP contribution is -2.27. The second-order valence-electron chi connectivity index (χ2n) is 4.74. The second-order valence-corrected chi connectivity index (χ2v) is 4.74. The van der Waals surface area contributed by atoms with Gasteiger partial charge in [-0.25, -0.2) is 0 Å². The van der Waals surface area contributed by atoms with Crippen molar-refractivity contribution in [2.75, 3.05) is 26.2 Å². The number of rotatable bonds is 7. The lowest BCUT2D eigenvalue weighted by atomic mass is 10.3. The van der Waals surface area contributed by atoms with E-state index in [4.69, 9.17) is 0 Å². The lowest BCUT2D eigenvalue weighted by Gasteiger charge is -2.19. The molecule has 0 atom stereocenters. The van der Waals surface area contributed by atoms with Crippen molar-refractivity contribution >= 4 is 5.91 Å². The first kappa shape index (κ1) is 14.1. The molecule has 1 saturated heterocycles. The predicted octanol–water partition coefficient (Wildman–Crippen LogP) is 2.63. The zero-order chi connectivity index (χ0) is 12.5. The molecule has 1 aliphatic rings. The Labute approximate surface area is 105 Å². The maximum atomic E-state index is 11.8. The van der Waals surface area contributed by atoms with Crippen molar-refractivity contribution in [3.8, 4) is 0 Å². The first-order valence-electron chi connectivity index (χ1n) is 6.99. The molecule has 0 saturated carbocycles. The summed E-state index contributed by atoms with van der Waals surface area (Å²) >= 11 is 0. The summed E-state index contributed by atoms with van der Waals surface area (Å²) in [5, 5.41) is 0. The van der Waals surface area contributed by atoms with Crippen LogP contribution in [0.1, 0.15) is 46.0 Å². The molecule has 1 fully saturated rings. The number of amides is 1. The molecule has 0 N–H and O–H groups in total. The van der Waals surface area contributed by atoms with Crippen molar-refractivity contribution in [1.29, 1.82) is 0 Å². The first-order valence-corrected chi connectivity index (χ1v) is 6.99. The third-order valence-electron chi connectivity index (χ3n) is 3.16. The Bertz CT molecular complexity index is 245. The van der Waals surface area contributed by atoms with Crippen LogP contribution in [0.4, 0.5) is 0 Å². The molecule has 0 radical (unpaired) electrons. The van der Waals surface area contributed by atoms with Gasteiger partial charge in [-0.15, -0.1) is 0 Å². The number of carbonyl (C=O) groups excluding carboxylic acids is 1. The molecule has 1 aliphatic heterocycles. The van der Waals surface area contributed by atoms with Crippen molar-refractivity contribution in [3.05, 3.63) is 12.3 Å². The summed E-state index contributed by atoms with van der Waals surface area (Å²) in [6.07, 6.45) is 9.58. The molecule has 1 amide bonds. The third-order valence-corrected chi connectivity index (χ3v) is 3.16. The van der Waals surface area contributed by atoms with E-state index in [1.807, 2.05) is 11.1 Å². The summed E-state index contributed by atoms with van der Waals surface area (Å²) in [6.45, 7) is 8.36. The molecule has 0 bridgehead atoms. The average molecular weight is 238 g/mol. The van der Waals surface area contributed by atoms with Crippen LogP contribution in [-0.2, 0) is 4.79 Å². The predicted molar refractivity (Wildman–Crippen MR) is 71.7 cm³/mol. The first-order chi connectivity index (χ1) is 8.27. The number of carbonyl (C=O) groups is 1. The molecule has 0 unspecified atom stereocenters. The molecule has 17 heavy (non-hydrogen) atoms. The Hall–Kier alpha value is -0.990. The third kappa shape index (κ3) is 5.24. The maximum Gasteiger partial charge on any atom is 0.248 e. The minimum atomic E-state index is 0.181. The maximum absolute atomic E-state index is 11.8.